The summed E-state index contributed by atoms with van der Waals surface area (Å²) in [7, 11) is 0. The minimum absolute atomic E-state index is 0.218. The summed E-state index contributed by atoms with van der Waals surface area (Å²) in [5, 5.41) is 0. The largest absolute Gasteiger partial charge is 0.367 e. The van der Waals surface area contributed by atoms with E-state index >= 15 is 0 Å². The van der Waals surface area contributed by atoms with Crippen molar-refractivity contribution in [3.8, 4) is 22.3 Å². The second-order valence-electron chi connectivity index (χ2n) is 6.16. The fraction of sp³-hybridized carbons (Fsp3) is 0.200. The van der Waals surface area contributed by atoms with Crippen molar-refractivity contribution in [1.82, 2.24) is 9.97 Å². The van der Waals surface area contributed by atoms with Gasteiger partial charge in [-0.2, -0.15) is 0 Å². The molecule has 1 aliphatic rings. The standard InChI is InChI=1S/C20H19N3O/c1-14-18(12-22-13-19(14)16-8-9-21-11-16)15-4-6-17(7-5-15)23-10-2-3-20(23)24/h4-9,11-13,21H,2-3,10H2,1H3. The summed E-state index contributed by atoms with van der Waals surface area (Å²) in [5.74, 6) is 0.218. The maximum Gasteiger partial charge on any atom is 0.227 e. The second-order valence-corrected chi connectivity index (χ2v) is 6.16. The van der Waals surface area contributed by atoms with Gasteiger partial charge in [-0.05, 0) is 42.7 Å². The predicted molar refractivity (Wildman–Crippen MR) is 95.8 cm³/mol. The molecule has 0 saturated carbocycles. The molecular formula is C20H19N3O. The van der Waals surface area contributed by atoms with E-state index in [4.69, 9.17) is 0 Å². The van der Waals surface area contributed by atoms with Gasteiger partial charge in [-0.1, -0.05) is 12.1 Å². The summed E-state index contributed by atoms with van der Waals surface area (Å²) in [5.41, 5.74) is 6.69. The lowest BCUT2D eigenvalue weighted by atomic mass is 9.96. The van der Waals surface area contributed by atoms with Gasteiger partial charge in [0.05, 0.1) is 0 Å². The molecule has 0 unspecified atom stereocenters. The van der Waals surface area contributed by atoms with Crippen molar-refractivity contribution < 1.29 is 4.79 Å². The zero-order chi connectivity index (χ0) is 16.5. The maximum absolute atomic E-state index is 11.9. The van der Waals surface area contributed by atoms with Crippen molar-refractivity contribution >= 4 is 11.6 Å². The van der Waals surface area contributed by atoms with Crippen molar-refractivity contribution in [3.63, 3.8) is 0 Å². The van der Waals surface area contributed by atoms with E-state index in [-0.39, 0.29) is 5.91 Å². The summed E-state index contributed by atoms with van der Waals surface area (Å²) in [6, 6.07) is 10.3. The molecule has 4 rings (SSSR count). The molecule has 3 heterocycles. The third-order valence-corrected chi connectivity index (χ3v) is 4.69. The number of carbonyl (C=O) groups excluding carboxylic acids is 1. The minimum Gasteiger partial charge on any atom is -0.367 e. The molecule has 0 aliphatic carbocycles. The van der Waals surface area contributed by atoms with Gasteiger partial charge in [0.2, 0.25) is 5.91 Å². The Labute approximate surface area is 141 Å². The number of aromatic amines is 1. The molecule has 1 aliphatic heterocycles. The van der Waals surface area contributed by atoms with Gasteiger partial charge < -0.3 is 9.88 Å². The molecule has 1 N–H and O–H groups in total. The Hall–Kier alpha value is -2.88. The zero-order valence-electron chi connectivity index (χ0n) is 13.6. The number of hydrogen-bond donors (Lipinski definition) is 1. The number of aromatic nitrogens is 2. The van der Waals surface area contributed by atoms with E-state index in [1.165, 1.54) is 5.56 Å². The molecule has 3 aromatic rings. The number of anilines is 1. The van der Waals surface area contributed by atoms with Crippen LogP contribution in [0.5, 0.6) is 0 Å². The Morgan fingerprint density at radius 1 is 1.04 bits per heavy atom. The lowest BCUT2D eigenvalue weighted by Crippen LogP contribution is -2.23. The van der Waals surface area contributed by atoms with Gasteiger partial charge in [-0.3, -0.25) is 9.78 Å². The summed E-state index contributed by atoms with van der Waals surface area (Å²) >= 11 is 0. The summed E-state index contributed by atoms with van der Waals surface area (Å²) < 4.78 is 0. The average Bonchev–Trinajstić information content (AvgIpc) is 3.27. The Morgan fingerprint density at radius 3 is 2.42 bits per heavy atom. The van der Waals surface area contributed by atoms with Crippen molar-refractivity contribution in [3.05, 3.63) is 60.7 Å². The summed E-state index contributed by atoms with van der Waals surface area (Å²) in [6.45, 7) is 2.94. The van der Waals surface area contributed by atoms with Crippen molar-refractivity contribution in [1.29, 1.82) is 0 Å². The quantitative estimate of drug-likeness (QED) is 0.788. The molecule has 0 spiro atoms. The smallest absolute Gasteiger partial charge is 0.227 e. The molecule has 4 heteroatoms. The summed E-state index contributed by atoms with van der Waals surface area (Å²) in [6.07, 6.45) is 9.31. The van der Waals surface area contributed by atoms with Crippen LogP contribution in [0.1, 0.15) is 18.4 Å². The van der Waals surface area contributed by atoms with Crippen LogP contribution in [0.25, 0.3) is 22.3 Å². The Morgan fingerprint density at radius 2 is 1.79 bits per heavy atom. The van der Waals surface area contributed by atoms with E-state index in [2.05, 4.69) is 35.1 Å². The number of nitrogens with one attached hydrogen (secondary N) is 1. The van der Waals surface area contributed by atoms with Gasteiger partial charge in [0, 0.05) is 60.1 Å². The summed E-state index contributed by atoms with van der Waals surface area (Å²) in [4.78, 5) is 21.2. The van der Waals surface area contributed by atoms with E-state index in [0.717, 1.165) is 40.9 Å². The Bertz CT molecular complexity index is 866. The number of carbonyl (C=O) groups is 1. The van der Waals surface area contributed by atoms with Gasteiger partial charge >= 0.3 is 0 Å². The van der Waals surface area contributed by atoms with E-state index in [1.807, 2.05) is 41.8 Å². The van der Waals surface area contributed by atoms with Crippen LogP contribution in [-0.2, 0) is 4.79 Å². The molecule has 0 bridgehead atoms. The van der Waals surface area contributed by atoms with Crippen LogP contribution in [0.3, 0.4) is 0 Å². The number of nitrogens with zero attached hydrogens (tertiary/aromatic N) is 2. The van der Waals surface area contributed by atoms with Crippen LogP contribution in [0.15, 0.2) is 55.1 Å². The monoisotopic (exact) mass is 317 g/mol. The number of rotatable bonds is 3. The lowest BCUT2D eigenvalue weighted by molar-refractivity contribution is -0.117. The van der Waals surface area contributed by atoms with Crippen molar-refractivity contribution in [2.75, 3.05) is 11.4 Å². The molecular weight excluding hydrogens is 298 g/mol. The van der Waals surface area contributed by atoms with Crippen LogP contribution in [0, 0.1) is 6.92 Å². The molecule has 1 amide bonds. The van der Waals surface area contributed by atoms with Gasteiger partial charge in [0.25, 0.3) is 0 Å². The van der Waals surface area contributed by atoms with Crippen molar-refractivity contribution in [2.45, 2.75) is 19.8 Å². The molecule has 4 nitrogen and oxygen atoms in total. The van der Waals surface area contributed by atoms with Crippen molar-refractivity contribution in [2.24, 2.45) is 0 Å². The topological polar surface area (TPSA) is 49.0 Å². The van der Waals surface area contributed by atoms with Gasteiger partial charge in [-0.25, -0.2) is 0 Å². The molecule has 0 atom stereocenters. The van der Waals surface area contributed by atoms with E-state index in [1.54, 1.807) is 0 Å². The van der Waals surface area contributed by atoms with E-state index in [9.17, 15) is 4.79 Å². The molecule has 1 fully saturated rings. The number of H-pyrrole nitrogens is 1. The van der Waals surface area contributed by atoms with Crippen LogP contribution in [0.4, 0.5) is 5.69 Å². The van der Waals surface area contributed by atoms with Gasteiger partial charge in [-0.15, -0.1) is 0 Å². The number of amides is 1. The first kappa shape index (κ1) is 14.7. The number of pyridine rings is 1. The maximum atomic E-state index is 11.9. The lowest BCUT2D eigenvalue weighted by Gasteiger charge is -2.16. The number of hydrogen-bond acceptors (Lipinski definition) is 2. The first-order valence-electron chi connectivity index (χ1n) is 8.22. The first-order valence-corrected chi connectivity index (χ1v) is 8.22. The molecule has 0 radical (unpaired) electrons. The Balaban J connectivity index is 1.69. The minimum atomic E-state index is 0.218. The number of benzene rings is 1. The first-order chi connectivity index (χ1) is 11.7. The van der Waals surface area contributed by atoms with Crippen LogP contribution < -0.4 is 4.90 Å². The third-order valence-electron chi connectivity index (χ3n) is 4.69. The molecule has 1 aromatic carbocycles. The fourth-order valence-electron chi connectivity index (χ4n) is 3.34. The SMILES string of the molecule is Cc1c(-c2ccc(N3CCCC3=O)cc2)cncc1-c1cc[nH]c1. The second kappa shape index (κ2) is 5.96. The molecule has 120 valence electrons. The Kier molecular flexibility index (Phi) is 3.65. The highest BCUT2D eigenvalue weighted by Crippen LogP contribution is 2.32. The fourth-order valence-corrected chi connectivity index (χ4v) is 3.34. The van der Waals surface area contributed by atoms with Crippen LogP contribution >= 0.6 is 0 Å². The zero-order valence-corrected chi connectivity index (χ0v) is 13.6. The predicted octanol–water partition coefficient (Wildman–Crippen LogP) is 4.18. The average molecular weight is 317 g/mol. The third kappa shape index (κ3) is 2.50. The van der Waals surface area contributed by atoms with Gasteiger partial charge in [0.15, 0.2) is 0 Å². The normalized spacial score (nSPS) is 14.4. The highest BCUT2D eigenvalue weighted by molar-refractivity contribution is 5.95. The van der Waals surface area contributed by atoms with E-state index < -0.39 is 0 Å². The molecule has 1 saturated heterocycles. The van der Waals surface area contributed by atoms with Crippen LogP contribution in [0.2, 0.25) is 0 Å². The molecule has 2 aromatic heterocycles. The van der Waals surface area contributed by atoms with E-state index in [0.29, 0.717) is 6.42 Å². The van der Waals surface area contributed by atoms with Crippen LogP contribution in [-0.4, -0.2) is 22.4 Å². The molecule has 24 heavy (non-hydrogen) atoms. The highest BCUT2D eigenvalue weighted by Gasteiger charge is 2.21. The van der Waals surface area contributed by atoms with Gasteiger partial charge in [0.1, 0.15) is 0 Å². The highest BCUT2D eigenvalue weighted by atomic mass is 16.2.